The Labute approximate surface area is 108 Å². The molecule has 2 heterocycles. The maximum absolute atomic E-state index is 4.40. The van der Waals surface area contributed by atoms with Gasteiger partial charge in [-0.1, -0.05) is 41.7 Å². The summed E-state index contributed by atoms with van der Waals surface area (Å²) in [5, 5.41) is 13.2. The van der Waals surface area contributed by atoms with Crippen LogP contribution in [0.1, 0.15) is 10.6 Å². The fraction of sp³-hybridized carbons (Fsp3) is 0.167. The van der Waals surface area contributed by atoms with E-state index in [0.717, 1.165) is 16.4 Å². The van der Waals surface area contributed by atoms with Gasteiger partial charge in [0.25, 0.3) is 0 Å². The van der Waals surface area contributed by atoms with Gasteiger partial charge in [0.15, 0.2) is 0 Å². The molecule has 6 heteroatoms. The zero-order valence-electron chi connectivity index (χ0n) is 10.0. The molecule has 0 unspecified atom stereocenters. The molecule has 0 saturated heterocycles. The van der Waals surface area contributed by atoms with E-state index in [2.05, 4.69) is 20.4 Å². The lowest BCUT2D eigenvalue weighted by atomic mass is 10.2. The van der Waals surface area contributed by atoms with E-state index >= 15 is 0 Å². The number of hydrogen-bond acceptors (Lipinski definition) is 5. The van der Waals surface area contributed by atoms with Crippen LogP contribution in [0.2, 0.25) is 0 Å². The van der Waals surface area contributed by atoms with Crippen molar-refractivity contribution in [1.29, 1.82) is 0 Å². The molecule has 0 aliphatic rings. The molecule has 2 aromatic heterocycles. The van der Waals surface area contributed by atoms with Gasteiger partial charge in [0.05, 0.1) is 5.69 Å². The summed E-state index contributed by atoms with van der Waals surface area (Å²) in [6.45, 7) is 4.01. The van der Waals surface area contributed by atoms with E-state index < -0.39 is 0 Å². The summed E-state index contributed by atoms with van der Waals surface area (Å²) >= 11 is 1.56. The summed E-state index contributed by atoms with van der Waals surface area (Å²) in [7, 11) is 0. The number of hydrogen-bond donors (Lipinski definition) is 0. The summed E-state index contributed by atoms with van der Waals surface area (Å²) < 4.78 is 0. The molecule has 0 aliphatic heterocycles. The number of aromatic nitrogens is 5. The number of aryl methyl sites for hydroxylation is 2. The second-order valence-corrected chi connectivity index (χ2v) is 5.09. The number of tetrazole rings is 1. The van der Waals surface area contributed by atoms with Crippen molar-refractivity contribution in [2.75, 3.05) is 0 Å². The van der Waals surface area contributed by atoms with Crippen LogP contribution in [0, 0.1) is 13.8 Å². The predicted molar refractivity (Wildman–Crippen MR) is 69.7 cm³/mol. The molecule has 0 spiro atoms. The fourth-order valence-corrected chi connectivity index (χ4v) is 2.35. The minimum atomic E-state index is 0.612. The van der Waals surface area contributed by atoms with Crippen LogP contribution >= 0.6 is 11.3 Å². The smallest absolute Gasteiger partial charge is 0.222 e. The first-order valence-electron chi connectivity index (χ1n) is 5.54. The van der Waals surface area contributed by atoms with Crippen molar-refractivity contribution in [1.82, 2.24) is 25.2 Å². The molecule has 3 aromatic rings. The van der Waals surface area contributed by atoms with Gasteiger partial charge in [-0.2, -0.15) is 0 Å². The zero-order chi connectivity index (χ0) is 12.5. The maximum atomic E-state index is 4.40. The molecule has 0 bridgehead atoms. The second-order valence-electron chi connectivity index (χ2n) is 3.91. The third-order valence-electron chi connectivity index (χ3n) is 2.63. The average Bonchev–Trinajstić information content (AvgIpc) is 2.99. The Morgan fingerprint density at radius 1 is 1.11 bits per heavy atom. The summed E-state index contributed by atoms with van der Waals surface area (Å²) in [6, 6.07) is 9.78. The van der Waals surface area contributed by atoms with Gasteiger partial charge in [0, 0.05) is 10.4 Å². The van der Waals surface area contributed by atoms with Gasteiger partial charge in [-0.3, -0.25) is 0 Å². The molecule has 0 amide bonds. The standard InChI is InChI=1S/C12H11N5S/c1-8-9(2)18-12(13-8)17-15-11(14-16-17)10-6-4-3-5-7-10/h3-7H,1-2H3. The van der Waals surface area contributed by atoms with E-state index in [-0.39, 0.29) is 0 Å². The molecule has 0 N–H and O–H groups in total. The number of rotatable bonds is 2. The van der Waals surface area contributed by atoms with Crippen molar-refractivity contribution in [2.24, 2.45) is 0 Å². The molecule has 18 heavy (non-hydrogen) atoms. The lowest BCUT2D eigenvalue weighted by Gasteiger charge is -1.91. The Kier molecular flexibility index (Phi) is 2.64. The minimum Gasteiger partial charge on any atom is -0.222 e. The SMILES string of the molecule is Cc1nc(-n2nnc(-c3ccccc3)n2)sc1C. The van der Waals surface area contributed by atoms with Crippen LogP contribution in [0.4, 0.5) is 0 Å². The molecule has 0 aliphatic carbocycles. The van der Waals surface area contributed by atoms with E-state index in [1.54, 1.807) is 11.3 Å². The third-order valence-corrected chi connectivity index (χ3v) is 3.67. The van der Waals surface area contributed by atoms with Gasteiger partial charge in [-0.25, -0.2) is 4.98 Å². The molecule has 3 rings (SSSR count). The van der Waals surface area contributed by atoms with Crippen LogP contribution < -0.4 is 0 Å². The van der Waals surface area contributed by atoms with Crippen LogP contribution in [0.15, 0.2) is 30.3 Å². The third kappa shape index (κ3) is 1.91. The summed E-state index contributed by atoms with van der Waals surface area (Å²) in [5.41, 5.74) is 1.96. The van der Waals surface area contributed by atoms with Crippen LogP contribution in [-0.4, -0.2) is 25.2 Å². The Morgan fingerprint density at radius 3 is 2.56 bits per heavy atom. The quantitative estimate of drug-likeness (QED) is 0.707. The molecular weight excluding hydrogens is 246 g/mol. The van der Waals surface area contributed by atoms with Gasteiger partial charge < -0.3 is 0 Å². The Bertz CT molecular complexity index is 651. The molecule has 90 valence electrons. The maximum Gasteiger partial charge on any atom is 0.232 e. The average molecular weight is 257 g/mol. The van der Waals surface area contributed by atoms with Crippen LogP contribution in [0.25, 0.3) is 16.5 Å². The molecule has 0 fully saturated rings. The van der Waals surface area contributed by atoms with Gasteiger partial charge in [-0.15, -0.1) is 15.0 Å². The lowest BCUT2D eigenvalue weighted by Crippen LogP contribution is -1.98. The molecule has 0 saturated carbocycles. The number of benzene rings is 1. The lowest BCUT2D eigenvalue weighted by molar-refractivity contribution is 0.713. The highest BCUT2D eigenvalue weighted by atomic mass is 32.1. The van der Waals surface area contributed by atoms with Gasteiger partial charge >= 0.3 is 0 Å². The normalized spacial score (nSPS) is 10.8. The Morgan fingerprint density at radius 2 is 1.89 bits per heavy atom. The van der Waals surface area contributed by atoms with Crippen molar-refractivity contribution < 1.29 is 0 Å². The van der Waals surface area contributed by atoms with E-state index in [4.69, 9.17) is 0 Å². The molecule has 0 atom stereocenters. The summed E-state index contributed by atoms with van der Waals surface area (Å²) in [6.07, 6.45) is 0. The first-order chi connectivity index (χ1) is 8.74. The zero-order valence-corrected chi connectivity index (χ0v) is 10.8. The second kappa shape index (κ2) is 4.30. The highest BCUT2D eigenvalue weighted by molar-refractivity contribution is 7.14. The van der Waals surface area contributed by atoms with Crippen molar-refractivity contribution in [3.05, 3.63) is 40.9 Å². The van der Waals surface area contributed by atoms with Crippen molar-refractivity contribution in [3.63, 3.8) is 0 Å². The fourth-order valence-electron chi connectivity index (χ4n) is 1.54. The van der Waals surface area contributed by atoms with Crippen LogP contribution in [-0.2, 0) is 0 Å². The summed E-state index contributed by atoms with van der Waals surface area (Å²) in [5.74, 6) is 0.612. The first-order valence-corrected chi connectivity index (χ1v) is 6.35. The number of thiazole rings is 1. The van der Waals surface area contributed by atoms with Crippen LogP contribution in [0.3, 0.4) is 0 Å². The highest BCUT2D eigenvalue weighted by Crippen LogP contribution is 2.20. The summed E-state index contributed by atoms with van der Waals surface area (Å²) in [4.78, 5) is 7.05. The molecule has 1 aromatic carbocycles. The predicted octanol–water partition coefficient (Wildman–Crippen LogP) is 2.40. The monoisotopic (exact) mass is 257 g/mol. The van der Waals surface area contributed by atoms with Crippen molar-refractivity contribution in [3.8, 4) is 16.5 Å². The molecule has 5 nitrogen and oxygen atoms in total. The highest BCUT2D eigenvalue weighted by Gasteiger charge is 2.10. The molecule has 0 radical (unpaired) electrons. The van der Waals surface area contributed by atoms with Crippen molar-refractivity contribution >= 4 is 11.3 Å². The van der Waals surface area contributed by atoms with E-state index in [1.165, 1.54) is 9.67 Å². The minimum absolute atomic E-state index is 0.612. The number of nitrogens with zero attached hydrogens (tertiary/aromatic N) is 5. The van der Waals surface area contributed by atoms with Crippen LogP contribution in [0.5, 0.6) is 0 Å². The molecular formula is C12H11N5S. The first kappa shape index (κ1) is 11.0. The topological polar surface area (TPSA) is 56.5 Å². The van der Waals surface area contributed by atoms with E-state index in [9.17, 15) is 0 Å². The largest absolute Gasteiger partial charge is 0.232 e. The van der Waals surface area contributed by atoms with E-state index in [1.807, 2.05) is 44.2 Å². The van der Waals surface area contributed by atoms with Gasteiger partial charge in [-0.05, 0) is 19.1 Å². The van der Waals surface area contributed by atoms with Gasteiger partial charge in [0.2, 0.25) is 11.0 Å². The van der Waals surface area contributed by atoms with Crippen molar-refractivity contribution in [2.45, 2.75) is 13.8 Å². The van der Waals surface area contributed by atoms with Gasteiger partial charge in [0.1, 0.15) is 0 Å². The Balaban J connectivity index is 1.99. The Hall–Kier alpha value is -2.08. The van der Waals surface area contributed by atoms with E-state index in [0.29, 0.717) is 5.82 Å².